The van der Waals surface area contributed by atoms with E-state index in [9.17, 15) is 0 Å². The third kappa shape index (κ3) is 3.88. The van der Waals surface area contributed by atoms with Crippen molar-refractivity contribution in [2.75, 3.05) is 0 Å². The molecular weight excluding hydrogens is 528 g/mol. The lowest BCUT2D eigenvalue weighted by Gasteiger charge is -2.17. The van der Waals surface area contributed by atoms with Gasteiger partial charge in [-0.1, -0.05) is 139 Å². The molecule has 0 bridgehead atoms. The van der Waals surface area contributed by atoms with E-state index in [-0.39, 0.29) is 0 Å². The van der Waals surface area contributed by atoms with Gasteiger partial charge in [-0.15, -0.1) is 0 Å². The van der Waals surface area contributed by atoms with Crippen molar-refractivity contribution in [1.29, 1.82) is 0 Å². The van der Waals surface area contributed by atoms with Crippen LogP contribution in [0.4, 0.5) is 0 Å². The lowest BCUT2D eigenvalue weighted by atomic mass is 9.85. The molecule has 0 saturated heterocycles. The molecule has 0 saturated carbocycles. The third-order valence-electron chi connectivity index (χ3n) is 9.06. The van der Waals surface area contributed by atoms with E-state index < -0.39 is 0 Å². The van der Waals surface area contributed by atoms with Crippen LogP contribution in [0.1, 0.15) is 0 Å². The van der Waals surface area contributed by atoms with E-state index in [1.54, 1.807) is 0 Å². The molecule has 0 heteroatoms. The Morgan fingerprint density at radius 1 is 0.364 bits per heavy atom. The Labute approximate surface area is 255 Å². The summed E-state index contributed by atoms with van der Waals surface area (Å²) in [7, 11) is 0. The second-order valence-electron chi connectivity index (χ2n) is 11.6. The molecule has 0 unspecified atom stereocenters. The average molecular weight is 555 g/mol. The van der Waals surface area contributed by atoms with E-state index in [0.717, 1.165) is 5.22 Å². The van der Waals surface area contributed by atoms with Crippen LogP contribution >= 0.6 is 0 Å². The number of fused-ring (bicyclic) bond motifs is 6. The topological polar surface area (TPSA) is 0 Å². The molecule has 0 atom stereocenters. The summed E-state index contributed by atoms with van der Waals surface area (Å²) in [5.74, 6) is 0. The quantitative estimate of drug-likeness (QED) is 0.151. The molecule has 0 aromatic heterocycles. The highest BCUT2D eigenvalue weighted by Gasteiger charge is 2.17. The van der Waals surface area contributed by atoms with Crippen LogP contribution in [0.3, 0.4) is 0 Å². The molecule has 8 aromatic carbocycles. The first-order valence-corrected chi connectivity index (χ1v) is 15.1. The minimum Gasteiger partial charge on any atom is -0.0695 e. The number of allylic oxidation sites excluding steroid dienone is 1. The molecule has 0 radical (unpaired) electrons. The summed E-state index contributed by atoms with van der Waals surface area (Å²) in [6.45, 7) is 0. The van der Waals surface area contributed by atoms with Crippen molar-refractivity contribution in [2.24, 2.45) is 0 Å². The standard InChI is InChI=1S/C44H26/c1-2-12-31(13-3-1)43-39-16-8-9-17-40(39)44(36-23-24-38-35(27-36)21-19-30-11-6-7-15-37(30)38)41-25-22-34(28-42(41)43)33-20-18-29-10-4-5-14-32(29)26-33/h1-7,9-15,17-28H. The third-order valence-corrected chi connectivity index (χ3v) is 9.06. The van der Waals surface area contributed by atoms with E-state index in [4.69, 9.17) is 0 Å². The molecular formula is C44H26. The molecule has 0 amide bonds. The van der Waals surface area contributed by atoms with Crippen molar-refractivity contribution >= 4 is 54.9 Å². The fraction of sp³-hybridized carbons (Fsp3) is 0. The summed E-state index contributed by atoms with van der Waals surface area (Å²) in [6, 6.07) is 53.1. The number of rotatable bonds is 3. The first kappa shape index (κ1) is 24.7. The van der Waals surface area contributed by atoms with Crippen molar-refractivity contribution in [3.05, 3.63) is 168 Å². The van der Waals surface area contributed by atoms with Gasteiger partial charge in [0.2, 0.25) is 0 Å². The Morgan fingerprint density at radius 2 is 1.00 bits per heavy atom. The van der Waals surface area contributed by atoms with Gasteiger partial charge in [-0.25, -0.2) is 0 Å². The van der Waals surface area contributed by atoms with E-state index in [0.29, 0.717) is 0 Å². The lowest BCUT2D eigenvalue weighted by molar-refractivity contribution is 1.52. The maximum Gasteiger partial charge on any atom is 0.0412 e. The number of hydrogen-bond donors (Lipinski definition) is 0. The van der Waals surface area contributed by atoms with Gasteiger partial charge >= 0.3 is 0 Å². The van der Waals surface area contributed by atoms with E-state index in [2.05, 4.69) is 163 Å². The molecule has 0 nitrogen and oxygen atoms in total. The number of hydrogen-bond acceptors (Lipinski definition) is 0. The van der Waals surface area contributed by atoms with Crippen LogP contribution in [0, 0.1) is 0 Å². The minimum absolute atomic E-state index is 1.09. The molecule has 0 spiro atoms. The summed E-state index contributed by atoms with van der Waals surface area (Å²) in [5, 5.41) is 12.3. The van der Waals surface area contributed by atoms with Gasteiger partial charge in [-0.2, -0.15) is 0 Å². The fourth-order valence-corrected chi connectivity index (χ4v) is 6.98. The molecule has 0 N–H and O–H groups in total. The van der Waals surface area contributed by atoms with Crippen molar-refractivity contribution < 1.29 is 0 Å². The average Bonchev–Trinajstić information content (AvgIpc) is 3.10. The van der Waals surface area contributed by atoms with Crippen LogP contribution in [0.5, 0.6) is 0 Å². The summed E-state index contributed by atoms with van der Waals surface area (Å²) < 4.78 is 0. The fourth-order valence-electron chi connectivity index (χ4n) is 6.98. The highest BCUT2D eigenvalue weighted by atomic mass is 14.2. The van der Waals surface area contributed by atoms with Gasteiger partial charge in [0.05, 0.1) is 0 Å². The van der Waals surface area contributed by atoms with Crippen molar-refractivity contribution in [1.82, 2.24) is 0 Å². The monoisotopic (exact) mass is 554 g/mol. The van der Waals surface area contributed by atoms with Gasteiger partial charge in [0.25, 0.3) is 0 Å². The van der Waals surface area contributed by atoms with Gasteiger partial charge in [0.1, 0.15) is 0 Å². The maximum atomic E-state index is 3.54. The molecule has 8 aromatic rings. The summed E-state index contributed by atoms with van der Waals surface area (Å²) in [5.41, 5.74) is 14.1. The molecule has 0 fully saturated rings. The Balaban J connectivity index is 1.37. The molecule has 0 aliphatic heterocycles. The van der Waals surface area contributed by atoms with Crippen molar-refractivity contribution in [2.45, 2.75) is 0 Å². The van der Waals surface area contributed by atoms with Gasteiger partial charge < -0.3 is 0 Å². The van der Waals surface area contributed by atoms with Crippen LogP contribution in [-0.2, 0) is 0 Å². The van der Waals surface area contributed by atoms with E-state index >= 15 is 0 Å². The van der Waals surface area contributed by atoms with Crippen LogP contribution in [0.25, 0.3) is 88.3 Å². The van der Waals surface area contributed by atoms with Gasteiger partial charge in [0.15, 0.2) is 0 Å². The zero-order valence-electron chi connectivity index (χ0n) is 24.0. The van der Waals surface area contributed by atoms with Gasteiger partial charge in [-0.3, -0.25) is 0 Å². The maximum absolute atomic E-state index is 3.54. The second kappa shape index (κ2) is 9.84. The van der Waals surface area contributed by atoms with Crippen LogP contribution in [0.2, 0.25) is 0 Å². The molecule has 44 heavy (non-hydrogen) atoms. The Morgan fingerprint density at radius 3 is 1.91 bits per heavy atom. The second-order valence-corrected chi connectivity index (χ2v) is 11.6. The lowest BCUT2D eigenvalue weighted by Crippen LogP contribution is -2.29. The van der Waals surface area contributed by atoms with Crippen LogP contribution in [-0.4, -0.2) is 0 Å². The zero-order valence-corrected chi connectivity index (χ0v) is 24.0. The predicted molar refractivity (Wildman–Crippen MR) is 188 cm³/mol. The Hall–Kier alpha value is -5.90. The highest BCUT2D eigenvalue weighted by Crippen LogP contribution is 2.37. The van der Waals surface area contributed by atoms with E-state index in [1.807, 2.05) is 6.08 Å². The highest BCUT2D eigenvalue weighted by molar-refractivity contribution is 6.11. The summed E-state index contributed by atoms with van der Waals surface area (Å²) >= 11 is 0. The molecule has 202 valence electrons. The Bertz CT molecular complexity index is 2660. The molecule has 9 rings (SSSR count). The summed E-state index contributed by atoms with van der Waals surface area (Å²) in [6.07, 6.45) is 4.19. The van der Waals surface area contributed by atoms with Gasteiger partial charge in [0, 0.05) is 10.8 Å². The number of benzene rings is 8. The first-order valence-electron chi connectivity index (χ1n) is 15.1. The molecule has 1 aliphatic rings. The predicted octanol–water partition coefficient (Wildman–Crippen LogP) is 10.2. The molecule has 1 aliphatic carbocycles. The van der Waals surface area contributed by atoms with Crippen molar-refractivity contribution in [3.63, 3.8) is 0 Å². The van der Waals surface area contributed by atoms with E-state index in [1.165, 1.54) is 81.7 Å². The Kier molecular flexibility index (Phi) is 5.52. The largest absolute Gasteiger partial charge is 0.0695 e. The van der Waals surface area contributed by atoms with Crippen molar-refractivity contribution in [3.8, 4) is 33.4 Å². The zero-order chi connectivity index (χ0) is 29.0. The SMILES string of the molecule is C1=C=c2c(-c3ccccc3)c3cc(-c4ccc5ccccc5c4)ccc3c(-c3ccc4c(ccc5ccccc54)c3)c2=CC=1. The summed E-state index contributed by atoms with van der Waals surface area (Å²) in [4.78, 5) is 0. The smallest absolute Gasteiger partial charge is 0.0412 e. The first-order chi connectivity index (χ1) is 21.8. The van der Waals surface area contributed by atoms with Crippen LogP contribution < -0.4 is 10.4 Å². The molecule has 0 heterocycles. The minimum atomic E-state index is 1.09. The van der Waals surface area contributed by atoms with Gasteiger partial charge in [-0.05, 0) is 106 Å². The normalized spacial score (nSPS) is 12.0. The van der Waals surface area contributed by atoms with Crippen LogP contribution in [0.15, 0.2) is 157 Å².